The van der Waals surface area contributed by atoms with E-state index < -0.39 is 8.80 Å². The van der Waals surface area contributed by atoms with Gasteiger partial charge < -0.3 is 13.3 Å². The van der Waals surface area contributed by atoms with Gasteiger partial charge in [0.25, 0.3) is 0 Å². The van der Waals surface area contributed by atoms with Crippen LogP contribution < -0.4 is 0 Å². The molecule has 0 aliphatic heterocycles. The van der Waals surface area contributed by atoms with Crippen LogP contribution in [-0.2, 0) is 13.3 Å². The highest BCUT2D eigenvalue weighted by Gasteiger charge is 2.36. The monoisotopic (exact) mass is 252 g/mol. The first kappa shape index (κ1) is 16.0. The summed E-state index contributed by atoms with van der Waals surface area (Å²) < 4.78 is 16.0. The molecule has 0 unspecified atom stereocenters. The third-order valence-corrected chi connectivity index (χ3v) is 5.45. The average molecular weight is 252 g/mol. The summed E-state index contributed by atoms with van der Waals surface area (Å²) in [7, 11) is 6.07. The van der Waals surface area contributed by atoms with E-state index in [-0.39, 0.29) is 4.65 Å². The van der Waals surface area contributed by atoms with E-state index in [0.717, 1.165) is 31.9 Å². The molecule has 0 aromatic carbocycles. The molecular formula is C10H26NO4Si+. The minimum atomic E-state index is -2.38. The van der Waals surface area contributed by atoms with E-state index in [2.05, 4.69) is 0 Å². The highest BCUT2D eigenvalue weighted by atomic mass is 28.4. The number of hydrogen-bond donors (Lipinski definition) is 1. The molecule has 0 spiro atoms. The Bertz CT molecular complexity index is 172. The summed E-state index contributed by atoms with van der Waals surface area (Å²) in [6, 6.07) is 0.829. The zero-order valence-electron chi connectivity index (χ0n) is 11.2. The lowest BCUT2D eigenvalue weighted by atomic mass is 10.2. The number of hydroxylamine groups is 3. The molecule has 0 heterocycles. The first-order chi connectivity index (χ1) is 7.39. The maximum Gasteiger partial charge on any atom is 0.500 e. The fourth-order valence-corrected chi connectivity index (χ4v) is 3.37. The van der Waals surface area contributed by atoms with Crippen LogP contribution in [0, 0.1) is 0 Å². The van der Waals surface area contributed by atoms with E-state index >= 15 is 0 Å². The smallest absolute Gasteiger partial charge is 0.377 e. The van der Waals surface area contributed by atoms with Crippen LogP contribution in [0.5, 0.6) is 0 Å². The second kappa shape index (κ2) is 7.36. The fraction of sp³-hybridized carbons (Fsp3) is 1.00. The molecule has 0 saturated heterocycles. The van der Waals surface area contributed by atoms with E-state index in [1.54, 1.807) is 35.4 Å². The Morgan fingerprint density at radius 2 is 1.44 bits per heavy atom. The summed E-state index contributed by atoms with van der Waals surface area (Å²) in [6.07, 6.45) is 3.04. The number of nitrogens with zero attached hydrogens (tertiary/aromatic N) is 1. The second-order valence-corrected chi connectivity index (χ2v) is 7.54. The first-order valence-electron chi connectivity index (χ1n) is 5.60. The minimum absolute atomic E-state index is 0.0292. The van der Waals surface area contributed by atoms with Crippen molar-refractivity contribution in [3.05, 3.63) is 0 Å². The van der Waals surface area contributed by atoms with Gasteiger partial charge in [0.15, 0.2) is 0 Å². The van der Waals surface area contributed by atoms with E-state index in [1.807, 2.05) is 0 Å². The molecule has 0 bridgehead atoms. The van der Waals surface area contributed by atoms with Crippen molar-refractivity contribution in [2.45, 2.75) is 25.3 Å². The third-order valence-electron chi connectivity index (χ3n) is 2.62. The largest absolute Gasteiger partial charge is 0.500 e. The maximum absolute atomic E-state index is 9.49. The van der Waals surface area contributed by atoms with Crippen LogP contribution in [0.4, 0.5) is 0 Å². The lowest BCUT2D eigenvalue weighted by Gasteiger charge is -2.24. The van der Waals surface area contributed by atoms with Crippen LogP contribution in [0.15, 0.2) is 0 Å². The van der Waals surface area contributed by atoms with Crippen molar-refractivity contribution in [1.29, 1.82) is 0 Å². The molecule has 0 fully saturated rings. The molecule has 0 aliphatic carbocycles. The number of quaternary nitrogens is 1. The highest BCUT2D eigenvalue weighted by molar-refractivity contribution is 6.60. The Hall–Kier alpha value is 0.0169. The van der Waals surface area contributed by atoms with Gasteiger partial charge in [0.05, 0.1) is 14.1 Å². The van der Waals surface area contributed by atoms with Gasteiger partial charge >= 0.3 is 8.80 Å². The van der Waals surface area contributed by atoms with Gasteiger partial charge in [-0.15, -0.1) is 0 Å². The van der Waals surface area contributed by atoms with E-state index in [9.17, 15) is 5.21 Å². The van der Waals surface area contributed by atoms with Crippen LogP contribution in [0.3, 0.4) is 0 Å². The van der Waals surface area contributed by atoms with Crippen molar-refractivity contribution in [3.8, 4) is 0 Å². The van der Waals surface area contributed by atoms with Gasteiger partial charge in [-0.2, -0.15) is 4.65 Å². The summed E-state index contributed by atoms with van der Waals surface area (Å²) in [5.74, 6) is 0. The van der Waals surface area contributed by atoms with Gasteiger partial charge in [-0.05, 0) is 19.3 Å². The second-order valence-electron chi connectivity index (χ2n) is 4.45. The van der Waals surface area contributed by atoms with Crippen molar-refractivity contribution >= 4 is 8.80 Å². The fourth-order valence-electron chi connectivity index (χ4n) is 1.57. The Morgan fingerprint density at radius 1 is 0.938 bits per heavy atom. The van der Waals surface area contributed by atoms with Gasteiger partial charge in [-0.25, -0.2) is 5.21 Å². The molecule has 6 heteroatoms. The Kier molecular flexibility index (Phi) is 7.37. The third kappa shape index (κ3) is 6.57. The molecule has 0 amide bonds. The lowest BCUT2D eigenvalue weighted by Crippen LogP contribution is -2.42. The predicted molar refractivity (Wildman–Crippen MR) is 64.2 cm³/mol. The Labute approximate surface area is 99.8 Å². The van der Waals surface area contributed by atoms with Gasteiger partial charge in [0.2, 0.25) is 0 Å². The maximum atomic E-state index is 9.49. The van der Waals surface area contributed by atoms with Crippen LogP contribution in [-0.4, -0.2) is 60.6 Å². The van der Waals surface area contributed by atoms with Crippen LogP contribution in [0.25, 0.3) is 0 Å². The summed E-state index contributed by atoms with van der Waals surface area (Å²) in [6.45, 7) is 0.765. The summed E-state index contributed by atoms with van der Waals surface area (Å²) in [5.41, 5.74) is 0. The minimum Gasteiger partial charge on any atom is -0.377 e. The van der Waals surface area contributed by atoms with Crippen LogP contribution in [0.1, 0.15) is 19.3 Å². The molecule has 1 N–H and O–H groups in total. The molecular weight excluding hydrogens is 226 g/mol. The van der Waals surface area contributed by atoms with Crippen molar-refractivity contribution in [3.63, 3.8) is 0 Å². The molecule has 0 aromatic rings. The number of hydrogen-bond acceptors (Lipinski definition) is 4. The quantitative estimate of drug-likeness (QED) is 0.292. The molecule has 0 radical (unpaired) electrons. The van der Waals surface area contributed by atoms with Crippen molar-refractivity contribution in [2.75, 3.05) is 42.0 Å². The van der Waals surface area contributed by atoms with Crippen molar-refractivity contribution in [2.24, 2.45) is 0 Å². The number of rotatable bonds is 9. The normalized spacial score (nSPS) is 13.1. The van der Waals surface area contributed by atoms with E-state index in [0.29, 0.717) is 0 Å². The topological polar surface area (TPSA) is 47.9 Å². The summed E-state index contributed by atoms with van der Waals surface area (Å²) in [5, 5.41) is 9.49. The molecule has 0 rings (SSSR count). The summed E-state index contributed by atoms with van der Waals surface area (Å²) in [4.78, 5) is 0. The first-order valence-corrected chi connectivity index (χ1v) is 7.53. The molecule has 0 saturated carbocycles. The standard InChI is InChI=1S/C10H26NO4Si/c1-11(2,12)9-7-6-8-10-16(13-3,14-4)15-5/h12H,6-10H2,1-5H3/q+1. The SMILES string of the molecule is CO[Si](CCCCC[N+](C)(C)O)(OC)OC. The van der Waals surface area contributed by atoms with Crippen molar-refractivity contribution < 1.29 is 23.1 Å². The Balaban J connectivity index is 3.71. The van der Waals surface area contributed by atoms with E-state index in [4.69, 9.17) is 13.3 Å². The van der Waals surface area contributed by atoms with Gasteiger partial charge in [0, 0.05) is 27.4 Å². The zero-order valence-corrected chi connectivity index (χ0v) is 12.2. The summed E-state index contributed by atoms with van der Waals surface area (Å²) >= 11 is 0. The zero-order chi connectivity index (χ0) is 12.7. The van der Waals surface area contributed by atoms with Gasteiger partial charge in [-0.3, -0.25) is 0 Å². The van der Waals surface area contributed by atoms with Crippen LogP contribution in [0.2, 0.25) is 6.04 Å². The number of unbranched alkanes of at least 4 members (excludes halogenated alkanes) is 2. The van der Waals surface area contributed by atoms with E-state index in [1.165, 1.54) is 0 Å². The van der Waals surface area contributed by atoms with Gasteiger partial charge in [0.1, 0.15) is 6.54 Å². The van der Waals surface area contributed by atoms with Crippen molar-refractivity contribution in [1.82, 2.24) is 0 Å². The molecule has 0 aromatic heterocycles. The molecule has 0 aliphatic rings. The Morgan fingerprint density at radius 3 is 1.81 bits per heavy atom. The highest BCUT2D eigenvalue weighted by Crippen LogP contribution is 2.17. The molecule has 98 valence electrons. The average Bonchev–Trinajstić information content (AvgIpc) is 2.23. The molecule has 16 heavy (non-hydrogen) atoms. The van der Waals surface area contributed by atoms with Crippen LogP contribution >= 0.6 is 0 Å². The molecule has 5 nitrogen and oxygen atoms in total. The lowest BCUT2D eigenvalue weighted by molar-refractivity contribution is -1.07. The molecule has 0 atom stereocenters. The predicted octanol–water partition coefficient (Wildman–Crippen LogP) is 1.50. The van der Waals surface area contributed by atoms with Gasteiger partial charge in [-0.1, -0.05) is 0 Å².